The summed E-state index contributed by atoms with van der Waals surface area (Å²) in [5, 5.41) is 22.0. The predicted octanol–water partition coefficient (Wildman–Crippen LogP) is 6.01. The van der Waals surface area contributed by atoms with Crippen LogP contribution in [0, 0.1) is 23.2 Å². The molecule has 0 saturated heterocycles. The monoisotopic (exact) mass is 600 g/mol. The van der Waals surface area contributed by atoms with Crippen LogP contribution in [-0.2, 0) is 15.9 Å². The molecule has 3 aliphatic rings. The number of carbonyl (C=O) groups excluding carboxylic acids is 1. The Balaban J connectivity index is 1.73. The van der Waals surface area contributed by atoms with E-state index in [1.54, 1.807) is 25.3 Å². The summed E-state index contributed by atoms with van der Waals surface area (Å²) in [4.78, 5) is 13.1. The van der Waals surface area contributed by atoms with E-state index in [0.717, 1.165) is 18.4 Å². The molecule has 1 aliphatic heterocycles. The van der Waals surface area contributed by atoms with Gasteiger partial charge in [0.2, 0.25) is 0 Å². The molecule has 1 heterocycles. The molecule has 0 radical (unpaired) electrons. The highest BCUT2D eigenvalue weighted by Gasteiger charge is 2.65. The highest BCUT2D eigenvalue weighted by atomic mass is 79.9. The Morgan fingerprint density at radius 1 is 1.18 bits per heavy atom. The molecule has 7 heteroatoms. The summed E-state index contributed by atoms with van der Waals surface area (Å²) in [7, 11) is 1.79. The molecule has 8 atom stereocenters. The van der Waals surface area contributed by atoms with Crippen LogP contribution in [0.3, 0.4) is 0 Å². The zero-order chi connectivity index (χ0) is 25.1. The molecule has 5 nitrogen and oxygen atoms in total. The lowest BCUT2D eigenvalue weighted by molar-refractivity contribution is -0.00446. The first-order valence-corrected chi connectivity index (χ1v) is 14.1. The van der Waals surface area contributed by atoms with E-state index < -0.39 is 22.0 Å². The van der Waals surface area contributed by atoms with Crippen molar-refractivity contribution in [1.82, 2.24) is 0 Å². The molecule has 2 bridgehead atoms. The minimum Gasteiger partial charge on any atom is -0.508 e. The van der Waals surface area contributed by atoms with Crippen molar-refractivity contribution in [3.63, 3.8) is 0 Å². The highest BCUT2D eigenvalue weighted by Crippen LogP contribution is 2.68. The second kappa shape index (κ2) is 9.35. The maximum Gasteiger partial charge on any atom is 0.338 e. The first-order valence-electron chi connectivity index (χ1n) is 12.4. The Morgan fingerprint density at radius 3 is 2.53 bits per heavy atom. The number of methoxy groups -OCH3 is 1. The van der Waals surface area contributed by atoms with E-state index in [-0.39, 0.29) is 28.0 Å². The van der Waals surface area contributed by atoms with Crippen molar-refractivity contribution in [2.45, 2.75) is 93.2 Å². The van der Waals surface area contributed by atoms with Crippen LogP contribution in [0.1, 0.15) is 75.7 Å². The van der Waals surface area contributed by atoms with Gasteiger partial charge < -0.3 is 19.7 Å². The number of ether oxygens (including phenoxy) is 2. The SMILES string of the molecule is COC1C2CC2[C@@]2(C)CC[C@@H](Br)[C@@](C)(O)CCC(C(C)(C)Br)OC(=O)c3ccc(O)c(c3)C[C@H]12. The number of rotatable bonds is 2. The number of benzene rings is 1. The van der Waals surface area contributed by atoms with E-state index in [0.29, 0.717) is 36.7 Å². The smallest absolute Gasteiger partial charge is 0.338 e. The number of alkyl halides is 2. The fourth-order valence-electron chi connectivity index (χ4n) is 6.52. The number of phenolic OH excluding ortho intramolecular Hbond substituents is 1. The molecule has 2 fully saturated rings. The predicted molar refractivity (Wildman–Crippen MR) is 140 cm³/mol. The van der Waals surface area contributed by atoms with Crippen molar-refractivity contribution in [2.75, 3.05) is 7.11 Å². The van der Waals surface area contributed by atoms with E-state index in [1.807, 2.05) is 20.8 Å². The van der Waals surface area contributed by atoms with E-state index >= 15 is 0 Å². The second-order valence-corrected chi connectivity index (χ2v) is 14.9. The van der Waals surface area contributed by atoms with Crippen LogP contribution < -0.4 is 0 Å². The number of esters is 1. The highest BCUT2D eigenvalue weighted by molar-refractivity contribution is 9.10. The number of halogens is 2. The van der Waals surface area contributed by atoms with E-state index in [2.05, 4.69) is 38.8 Å². The van der Waals surface area contributed by atoms with E-state index in [1.165, 1.54) is 6.42 Å². The third-order valence-corrected chi connectivity index (χ3v) is 10.9. The summed E-state index contributed by atoms with van der Waals surface area (Å²) >= 11 is 7.48. The minimum atomic E-state index is -0.937. The molecule has 4 rings (SSSR count). The molecule has 0 aromatic heterocycles. The zero-order valence-electron chi connectivity index (χ0n) is 20.8. The van der Waals surface area contributed by atoms with Crippen molar-refractivity contribution < 1.29 is 24.5 Å². The van der Waals surface area contributed by atoms with Gasteiger partial charge in [0.25, 0.3) is 0 Å². The third-order valence-electron chi connectivity index (χ3n) is 8.92. The van der Waals surface area contributed by atoms with Crippen molar-refractivity contribution in [3.05, 3.63) is 29.3 Å². The van der Waals surface area contributed by atoms with Crippen molar-refractivity contribution in [2.24, 2.45) is 23.2 Å². The fourth-order valence-corrected chi connectivity index (χ4v) is 7.31. The Labute approximate surface area is 220 Å². The maximum absolute atomic E-state index is 13.2. The van der Waals surface area contributed by atoms with Crippen LogP contribution >= 0.6 is 31.9 Å². The molecule has 0 amide bonds. The largest absolute Gasteiger partial charge is 0.508 e. The van der Waals surface area contributed by atoms with Crippen molar-refractivity contribution in [1.29, 1.82) is 0 Å². The molecule has 2 saturated carbocycles. The van der Waals surface area contributed by atoms with Gasteiger partial charge in [-0.3, -0.25) is 0 Å². The van der Waals surface area contributed by atoms with Gasteiger partial charge in [-0.2, -0.15) is 0 Å². The third kappa shape index (κ3) is 4.96. The van der Waals surface area contributed by atoms with Gasteiger partial charge in [0.1, 0.15) is 11.9 Å². The first kappa shape index (κ1) is 26.4. The molecular formula is C27H38Br2O5. The molecule has 2 N–H and O–H groups in total. The van der Waals surface area contributed by atoms with Crippen LogP contribution in [0.25, 0.3) is 0 Å². The fraction of sp³-hybridized carbons (Fsp3) is 0.741. The van der Waals surface area contributed by atoms with Gasteiger partial charge in [-0.25, -0.2) is 4.79 Å². The molecule has 190 valence electrons. The average Bonchev–Trinajstić information content (AvgIpc) is 3.51. The van der Waals surface area contributed by atoms with Crippen LogP contribution in [0.2, 0.25) is 0 Å². The Kier molecular flexibility index (Phi) is 7.27. The molecule has 4 unspecified atom stereocenters. The van der Waals surface area contributed by atoms with Crippen LogP contribution in [-0.4, -0.2) is 50.3 Å². The second-order valence-electron chi connectivity index (χ2n) is 11.7. The topological polar surface area (TPSA) is 76.0 Å². The van der Waals surface area contributed by atoms with Gasteiger partial charge >= 0.3 is 5.97 Å². The lowest BCUT2D eigenvalue weighted by atomic mass is 9.69. The number of fused-ring (bicyclic) bond motifs is 5. The first-order chi connectivity index (χ1) is 15.8. The quantitative estimate of drug-likeness (QED) is 0.321. The summed E-state index contributed by atoms with van der Waals surface area (Å²) in [5.41, 5.74) is 0.304. The lowest BCUT2D eigenvalue weighted by Gasteiger charge is -2.39. The van der Waals surface area contributed by atoms with Gasteiger partial charge in [0.15, 0.2) is 0 Å². The summed E-state index contributed by atoms with van der Waals surface area (Å²) in [5.74, 6) is 1.16. The van der Waals surface area contributed by atoms with Gasteiger partial charge in [0.05, 0.1) is 21.6 Å². The number of aromatic hydroxyl groups is 1. The number of hydrogen-bond donors (Lipinski definition) is 2. The van der Waals surface area contributed by atoms with Gasteiger partial charge in [-0.05, 0) is 106 Å². The molecule has 1 aromatic carbocycles. The van der Waals surface area contributed by atoms with Gasteiger partial charge in [-0.1, -0.05) is 38.8 Å². The van der Waals surface area contributed by atoms with Gasteiger partial charge in [0, 0.05) is 11.9 Å². The summed E-state index contributed by atoms with van der Waals surface area (Å²) in [6, 6.07) is 5.02. The Morgan fingerprint density at radius 2 is 1.88 bits per heavy atom. The van der Waals surface area contributed by atoms with Gasteiger partial charge in [-0.15, -0.1) is 0 Å². The zero-order valence-corrected chi connectivity index (χ0v) is 24.0. The summed E-state index contributed by atoms with van der Waals surface area (Å²) in [6.45, 7) is 8.17. The standard InChI is InChI=1S/C27H38Br2O5/c1-25(2,29)22-9-11-27(4,32)21(28)8-10-26(3)18-14-17(18)23(33-5)19(26)13-16-12-15(24(31)34-22)6-7-20(16)30/h6-7,12,17-19,21-23,30,32H,8-11,13-14H2,1-5H3/t17?,18?,19-,21-,22?,23?,26-,27+/m1/s1. The van der Waals surface area contributed by atoms with E-state index in [4.69, 9.17) is 9.47 Å². The molecular weight excluding hydrogens is 564 g/mol. The molecule has 34 heavy (non-hydrogen) atoms. The number of cyclic esters (lactones) is 1. The van der Waals surface area contributed by atoms with Crippen LogP contribution in [0.4, 0.5) is 0 Å². The number of hydrogen-bond acceptors (Lipinski definition) is 5. The summed E-state index contributed by atoms with van der Waals surface area (Å²) in [6.07, 6.45) is 4.37. The number of carbonyl (C=O) groups is 1. The maximum atomic E-state index is 13.2. The molecule has 2 aliphatic carbocycles. The van der Waals surface area contributed by atoms with Crippen molar-refractivity contribution in [3.8, 4) is 5.75 Å². The Bertz CT molecular complexity index is 926. The number of aliphatic hydroxyl groups is 1. The van der Waals surface area contributed by atoms with Crippen LogP contribution in [0.5, 0.6) is 5.75 Å². The number of phenols is 1. The Hall–Kier alpha value is -0.630. The van der Waals surface area contributed by atoms with Crippen LogP contribution in [0.15, 0.2) is 18.2 Å². The summed E-state index contributed by atoms with van der Waals surface area (Å²) < 4.78 is 11.5. The molecule has 0 spiro atoms. The van der Waals surface area contributed by atoms with Crippen molar-refractivity contribution >= 4 is 37.8 Å². The molecule has 1 aromatic rings. The normalized spacial score (nSPS) is 41.0. The minimum absolute atomic E-state index is 0.0387. The average molecular weight is 602 g/mol. The van der Waals surface area contributed by atoms with E-state index in [9.17, 15) is 15.0 Å². The lowest BCUT2D eigenvalue weighted by Crippen LogP contribution is -2.41.